The zero-order valence-electron chi connectivity index (χ0n) is 60.4. The third-order valence-electron chi connectivity index (χ3n) is 19.6. The van der Waals surface area contributed by atoms with Gasteiger partial charge in [0, 0.05) is 18.7 Å². The maximum atomic E-state index is 13.6. The van der Waals surface area contributed by atoms with Crippen LogP contribution < -0.4 is 15.4 Å². The summed E-state index contributed by atoms with van der Waals surface area (Å²) in [4.78, 5) is 26.9. The van der Waals surface area contributed by atoms with E-state index in [0.29, 0.717) is 36.6 Å². The summed E-state index contributed by atoms with van der Waals surface area (Å²) >= 11 is 0. The first kappa shape index (κ1) is 84.0. The van der Waals surface area contributed by atoms with Gasteiger partial charge in [-0.2, -0.15) is 0 Å². The van der Waals surface area contributed by atoms with Crippen LogP contribution in [-0.4, -0.2) is 31.5 Å². The Labute approximate surface area is 552 Å². The number of hydrogen-bond donors (Lipinski definition) is 2. The molecule has 0 aliphatic rings. The Morgan fingerprint density at radius 1 is 0.250 bits per heavy atom. The lowest BCUT2D eigenvalue weighted by atomic mass is 10.0. The topological polar surface area (TPSA) is 67.4 Å². The normalized spacial score (nSPS) is 11.5. The van der Waals surface area contributed by atoms with Gasteiger partial charge in [0.15, 0.2) is 0 Å². The molecule has 0 fully saturated rings. The monoisotopic (exact) mass is 1230 g/mol. The van der Waals surface area contributed by atoms with Crippen molar-refractivity contribution in [1.29, 1.82) is 0 Å². The number of carbonyl (C=O) groups excluding carboxylic acids is 2. The van der Waals surface area contributed by atoms with E-state index in [1.165, 1.54) is 405 Å². The van der Waals surface area contributed by atoms with Gasteiger partial charge < -0.3 is 15.4 Å². The summed E-state index contributed by atoms with van der Waals surface area (Å²) in [6, 6.07) is 5.44. The van der Waals surface area contributed by atoms with Crippen molar-refractivity contribution >= 4 is 11.8 Å². The molecule has 2 N–H and O–H groups in total. The smallest absolute Gasteiger partial charge is 0.255 e. The Morgan fingerprint density at radius 2 is 0.443 bits per heavy atom. The van der Waals surface area contributed by atoms with E-state index >= 15 is 0 Å². The van der Waals surface area contributed by atoms with Gasteiger partial charge in [-0.1, -0.05) is 445 Å². The summed E-state index contributed by atoms with van der Waals surface area (Å²) in [5, 5.41) is 6.36. The summed E-state index contributed by atoms with van der Waals surface area (Å²) in [7, 11) is 0. The molecule has 0 saturated carbocycles. The van der Waals surface area contributed by atoms with E-state index in [1.807, 2.05) is 18.2 Å². The molecule has 0 saturated heterocycles. The highest BCUT2D eigenvalue weighted by atomic mass is 16.5. The van der Waals surface area contributed by atoms with Crippen LogP contribution in [0.1, 0.15) is 485 Å². The van der Waals surface area contributed by atoms with Crippen molar-refractivity contribution in [2.75, 3.05) is 19.7 Å². The predicted octanol–water partition coefficient (Wildman–Crippen LogP) is 28.5. The second-order valence-corrected chi connectivity index (χ2v) is 28.4. The molecule has 5 nitrogen and oxygen atoms in total. The van der Waals surface area contributed by atoms with Crippen LogP contribution >= 0.6 is 0 Å². The van der Waals surface area contributed by atoms with Crippen LogP contribution in [-0.2, 0) is 0 Å². The molecule has 88 heavy (non-hydrogen) atoms. The summed E-state index contributed by atoms with van der Waals surface area (Å²) in [6.45, 7) is 8.84. The molecule has 2 amide bonds. The SMILES string of the molecule is CCCCCCCCCCCCCCCCCCCCCCCCCCCCCCNC(=O)c1ccc(C(=O)NCCCCCCCCCCCCCCCCCCCCCCCCCCCCCC)c(OCCCCCCCCCCCCCCC)c1. The van der Waals surface area contributed by atoms with Gasteiger partial charge in [0.25, 0.3) is 11.8 Å². The second-order valence-electron chi connectivity index (χ2n) is 28.4. The van der Waals surface area contributed by atoms with Crippen molar-refractivity contribution in [2.24, 2.45) is 0 Å². The summed E-state index contributed by atoms with van der Waals surface area (Å²) in [5.41, 5.74) is 1.13. The third kappa shape index (κ3) is 61.5. The molecule has 0 atom stereocenters. The van der Waals surface area contributed by atoms with E-state index in [-0.39, 0.29) is 11.8 Å². The number of hydrogen-bond acceptors (Lipinski definition) is 3. The van der Waals surface area contributed by atoms with Gasteiger partial charge in [0.05, 0.1) is 12.2 Å². The van der Waals surface area contributed by atoms with Crippen molar-refractivity contribution < 1.29 is 14.3 Å². The maximum Gasteiger partial charge on any atom is 0.255 e. The highest BCUT2D eigenvalue weighted by Crippen LogP contribution is 2.24. The van der Waals surface area contributed by atoms with Gasteiger partial charge in [-0.25, -0.2) is 0 Å². The lowest BCUT2D eigenvalue weighted by Gasteiger charge is -2.14. The third-order valence-corrected chi connectivity index (χ3v) is 19.6. The van der Waals surface area contributed by atoms with Crippen LogP contribution in [0.25, 0.3) is 0 Å². The Hall–Kier alpha value is -2.04. The van der Waals surface area contributed by atoms with Crippen LogP contribution in [0.3, 0.4) is 0 Å². The van der Waals surface area contributed by atoms with Crippen molar-refractivity contribution in [3.8, 4) is 5.75 Å². The summed E-state index contributed by atoms with van der Waals surface area (Å²) in [5.74, 6) is 0.386. The highest BCUT2D eigenvalue weighted by Gasteiger charge is 2.16. The fraction of sp³-hybridized carbons (Fsp3) is 0.904. The van der Waals surface area contributed by atoms with Gasteiger partial charge in [-0.15, -0.1) is 0 Å². The number of ether oxygens (including phenoxy) is 1. The van der Waals surface area contributed by atoms with Crippen molar-refractivity contribution in [1.82, 2.24) is 10.6 Å². The first-order valence-corrected chi connectivity index (χ1v) is 41.0. The Morgan fingerprint density at radius 3 is 0.670 bits per heavy atom. The molecule has 1 aromatic rings. The van der Waals surface area contributed by atoms with Gasteiger partial charge in [0.1, 0.15) is 5.75 Å². The highest BCUT2D eigenvalue weighted by molar-refractivity contribution is 6.00. The molecule has 1 aromatic carbocycles. The lowest BCUT2D eigenvalue weighted by Crippen LogP contribution is -2.26. The van der Waals surface area contributed by atoms with E-state index in [1.54, 1.807) is 0 Å². The quantitative estimate of drug-likeness (QED) is 0.0639. The van der Waals surface area contributed by atoms with Crippen molar-refractivity contribution in [2.45, 2.75) is 464 Å². The molecular formula is C83H158N2O3. The van der Waals surface area contributed by atoms with E-state index in [4.69, 9.17) is 4.74 Å². The number of nitrogens with one attached hydrogen (secondary N) is 2. The largest absolute Gasteiger partial charge is 0.493 e. The zero-order valence-corrected chi connectivity index (χ0v) is 60.4. The fourth-order valence-electron chi connectivity index (χ4n) is 13.5. The number of unbranched alkanes of at least 4 members (excludes halogenated alkanes) is 66. The molecule has 0 heterocycles. The van der Waals surface area contributed by atoms with E-state index < -0.39 is 0 Å². The fourth-order valence-corrected chi connectivity index (χ4v) is 13.5. The molecule has 0 bridgehead atoms. The molecule has 0 aliphatic carbocycles. The number of amides is 2. The average molecular weight is 1230 g/mol. The van der Waals surface area contributed by atoms with E-state index in [0.717, 1.165) is 38.5 Å². The average Bonchev–Trinajstić information content (AvgIpc) is 3.74. The van der Waals surface area contributed by atoms with Crippen molar-refractivity contribution in [3.05, 3.63) is 29.3 Å². The minimum atomic E-state index is -0.0896. The standard InChI is InChI=1S/C83H158N2O3/c1-4-7-10-13-16-19-22-25-27-29-31-33-35-37-39-41-43-45-47-49-51-53-55-58-61-64-67-70-75-84-82(86)79-73-74-80(81(78-79)88-77-72-69-66-63-60-57-24-21-18-15-12-9-6-3)83(87)85-76-71-68-65-62-59-56-54-52-50-48-46-44-42-40-38-36-34-32-30-28-26-23-20-17-14-11-8-5-2/h73-74,78H,4-72,75-77H2,1-3H3,(H,84,86)(H,85,87). The molecule has 0 radical (unpaired) electrons. The molecule has 518 valence electrons. The molecule has 0 aliphatic heterocycles. The first-order chi connectivity index (χ1) is 43.6. The van der Waals surface area contributed by atoms with Crippen molar-refractivity contribution in [3.63, 3.8) is 0 Å². The maximum absolute atomic E-state index is 13.6. The molecule has 0 unspecified atom stereocenters. The number of carbonyl (C=O) groups is 2. The van der Waals surface area contributed by atoms with Gasteiger partial charge in [0.2, 0.25) is 0 Å². The predicted molar refractivity (Wildman–Crippen MR) is 392 cm³/mol. The number of rotatable bonds is 75. The molecule has 5 heteroatoms. The van der Waals surface area contributed by atoms with Crippen LogP contribution in [0.4, 0.5) is 0 Å². The Kier molecular flexibility index (Phi) is 69.1. The van der Waals surface area contributed by atoms with Crippen LogP contribution in [0.2, 0.25) is 0 Å². The summed E-state index contributed by atoms with van der Waals surface area (Å²) in [6.07, 6.45) is 95.4. The van der Waals surface area contributed by atoms with Crippen LogP contribution in [0.15, 0.2) is 18.2 Å². The minimum Gasteiger partial charge on any atom is -0.493 e. The molecule has 0 aromatic heterocycles. The summed E-state index contributed by atoms with van der Waals surface area (Å²) < 4.78 is 6.34. The molecule has 0 spiro atoms. The minimum absolute atomic E-state index is 0.0707. The van der Waals surface area contributed by atoms with E-state index in [2.05, 4.69) is 31.4 Å². The number of benzene rings is 1. The zero-order chi connectivity index (χ0) is 63.0. The van der Waals surface area contributed by atoms with Gasteiger partial charge in [-0.3, -0.25) is 9.59 Å². The second kappa shape index (κ2) is 72.4. The lowest BCUT2D eigenvalue weighted by molar-refractivity contribution is 0.0937. The van der Waals surface area contributed by atoms with Gasteiger partial charge >= 0.3 is 0 Å². The first-order valence-electron chi connectivity index (χ1n) is 41.0. The Balaban J connectivity index is 2.19. The Bertz CT molecular complexity index is 1530. The molecular weight excluding hydrogens is 1070 g/mol. The van der Waals surface area contributed by atoms with Gasteiger partial charge in [-0.05, 0) is 37.5 Å². The van der Waals surface area contributed by atoms with Crippen LogP contribution in [0, 0.1) is 0 Å². The van der Waals surface area contributed by atoms with E-state index in [9.17, 15) is 9.59 Å². The van der Waals surface area contributed by atoms with Crippen LogP contribution in [0.5, 0.6) is 5.75 Å². The molecule has 1 rings (SSSR count).